The molecular weight excluding hydrogens is 370 g/mol. The van der Waals surface area contributed by atoms with Crippen LogP contribution in [0.1, 0.15) is 44.5 Å². The van der Waals surface area contributed by atoms with E-state index < -0.39 is 0 Å². The van der Waals surface area contributed by atoms with Crippen LogP contribution in [0.2, 0.25) is 0 Å². The SMILES string of the molecule is CC(C)NC(=O)CSc1ccccc1C(=O)N(C)CCC(N)C(C)C.Cl. The van der Waals surface area contributed by atoms with Crippen molar-refractivity contribution in [1.82, 2.24) is 10.2 Å². The second-order valence-corrected chi connectivity index (χ2v) is 7.95. The van der Waals surface area contributed by atoms with Gasteiger partial charge < -0.3 is 16.0 Å². The summed E-state index contributed by atoms with van der Waals surface area (Å²) in [4.78, 5) is 27.1. The van der Waals surface area contributed by atoms with Crippen molar-refractivity contribution in [3.8, 4) is 0 Å². The summed E-state index contributed by atoms with van der Waals surface area (Å²) >= 11 is 1.39. The minimum atomic E-state index is -0.0386. The fourth-order valence-corrected chi connectivity index (χ4v) is 3.11. The van der Waals surface area contributed by atoms with Crippen molar-refractivity contribution in [2.45, 2.75) is 51.1 Å². The number of thioether (sulfide) groups is 1. The van der Waals surface area contributed by atoms with Crippen molar-refractivity contribution in [3.63, 3.8) is 0 Å². The third-order valence-corrected chi connectivity index (χ3v) is 5.00. The van der Waals surface area contributed by atoms with Gasteiger partial charge in [-0.15, -0.1) is 24.2 Å². The summed E-state index contributed by atoms with van der Waals surface area (Å²) in [6.07, 6.45) is 0.770. The number of hydrogen-bond donors (Lipinski definition) is 2. The second kappa shape index (κ2) is 12.2. The lowest BCUT2D eigenvalue weighted by Gasteiger charge is -2.22. The molecule has 0 aliphatic carbocycles. The number of carbonyl (C=O) groups excluding carboxylic acids is 2. The summed E-state index contributed by atoms with van der Waals surface area (Å²) in [6.45, 7) is 8.64. The maximum absolute atomic E-state index is 12.7. The number of benzene rings is 1. The first-order chi connectivity index (χ1) is 11.7. The van der Waals surface area contributed by atoms with E-state index in [0.29, 0.717) is 23.8 Å². The van der Waals surface area contributed by atoms with Gasteiger partial charge in [0.1, 0.15) is 0 Å². The van der Waals surface area contributed by atoms with Gasteiger partial charge in [-0.05, 0) is 38.3 Å². The molecule has 0 radical (unpaired) electrons. The van der Waals surface area contributed by atoms with Gasteiger partial charge in [0.05, 0.1) is 11.3 Å². The van der Waals surface area contributed by atoms with Gasteiger partial charge in [-0.2, -0.15) is 0 Å². The van der Waals surface area contributed by atoms with Crippen LogP contribution in [0, 0.1) is 5.92 Å². The average molecular weight is 402 g/mol. The van der Waals surface area contributed by atoms with E-state index in [1.165, 1.54) is 11.8 Å². The third-order valence-electron chi connectivity index (χ3n) is 3.93. The molecule has 0 aliphatic heterocycles. The van der Waals surface area contributed by atoms with Gasteiger partial charge in [0, 0.05) is 30.6 Å². The van der Waals surface area contributed by atoms with E-state index in [9.17, 15) is 9.59 Å². The van der Waals surface area contributed by atoms with Crippen molar-refractivity contribution in [3.05, 3.63) is 29.8 Å². The van der Waals surface area contributed by atoms with E-state index in [4.69, 9.17) is 5.73 Å². The zero-order valence-electron chi connectivity index (χ0n) is 16.3. The van der Waals surface area contributed by atoms with Crippen LogP contribution >= 0.6 is 24.2 Å². The number of nitrogens with one attached hydrogen (secondary N) is 1. The highest BCUT2D eigenvalue weighted by Gasteiger charge is 2.18. The van der Waals surface area contributed by atoms with E-state index in [1.807, 2.05) is 38.1 Å². The quantitative estimate of drug-likeness (QED) is 0.623. The molecule has 0 bridgehead atoms. The topological polar surface area (TPSA) is 75.4 Å². The number of hydrogen-bond acceptors (Lipinski definition) is 4. The molecule has 26 heavy (non-hydrogen) atoms. The van der Waals surface area contributed by atoms with E-state index in [1.54, 1.807) is 11.9 Å². The average Bonchev–Trinajstić information content (AvgIpc) is 2.56. The van der Waals surface area contributed by atoms with Gasteiger partial charge in [0.15, 0.2) is 0 Å². The Morgan fingerprint density at radius 2 is 1.81 bits per heavy atom. The molecule has 148 valence electrons. The molecule has 0 fully saturated rings. The molecule has 1 atom stereocenters. The molecule has 3 N–H and O–H groups in total. The van der Waals surface area contributed by atoms with Gasteiger partial charge >= 0.3 is 0 Å². The largest absolute Gasteiger partial charge is 0.353 e. The van der Waals surface area contributed by atoms with Gasteiger partial charge in [0.25, 0.3) is 5.91 Å². The van der Waals surface area contributed by atoms with Gasteiger partial charge in [-0.3, -0.25) is 9.59 Å². The van der Waals surface area contributed by atoms with Gasteiger partial charge in [-0.1, -0.05) is 26.0 Å². The van der Waals surface area contributed by atoms with Crippen LogP contribution in [0.25, 0.3) is 0 Å². The van der Waals surface area contributed by atoms with Crippen molar-refractivity contribution >= 4 is 36.0 Å². The van der Waals surface area contributed by atoms with Crippen LogP contribution in [-0.4, -0.2) is 48.1 Å². The van der Waals surface area contributed by atoms with Crippen molar-refractivity contribution in [1.29, 1.82) is 0 Å². The number of amides is 2. The third kappa shape index (κ3) is 8.43. The van der Waals surface area contributed by atoms with Crippen LogP contribution < -0.4 is 11.1 Å². The second-order valence-electron chi connectivity index (χ2n) is 6.93. The molecule has 0 saturated carbocycles. The number of rotatable bonds is 9. The molecule has 7 heteroatoms. The summed E-state index contributed by atoms with van der Waals surface area (Å²) in [7, 11) is 1.79. The van der Waals surface area contributed by atoms with Gasteiger partial charge in [-0.25, -0.2) is 0 Å². The Bertz CT molecular complexity index is 582. The Kier molecular flexibility index (Phi) is 11.6. The first kappa shape index (κ1) is 24.8. The highest BCUT2D eigenvalue weighted by Crippen LogP contribution is 2.23. The number of carbonyl (C=O) groups is 2. The molecule has 0 saturated heterocycles. The van der Waals surface area contributed by atoms with Crippen LogP contribution in [0.5, 0.6) is 0 Å². The molecule has 0 aliphatic rings. The molecule has 1 aromatic rings. The Morgan fingerprint density at radius 1 is 1.19 bits per heavy atom. The van der Waals surface area contributed by atoms with Gasteiger partial charge in [0.2, 0.25) is 5.91 Å². The van der Waals surface area contributed by atoms with Crippen molar-refractivity contribution < 1.29 is 9.59 Å². The summed E-state index contributed by atoms with van der Waals surface area (Å²) in [5.41, 5.74) is 6.70. The Hall–Kier alpha value is -1.24. The highest BCUT2D eigenvalue weighted by molar-refractivity contribution is 8.00. The zero-order valence-corrected chi connectivity index (χ0v) is 18.0. The Morgan fingerprint density at radius 3 is 2.38 bits per heavy atom. The van der Waals surface area contributed by atoms with Crippen LogP contribution in [0.3, 0.4) is 0 Å². The standard InChI is InChI=1S/C19H31N3O2S.ClH/c1-13(2)16(20)10-11-22(5)19(24)15-8-6-7-9-17(15)25-12-18(23)21-14(3)4;/h6-9,13-14,16H,10-12,20H2,1-5H3,(H,21,23);1H. The maximum Gasteiger partial charge on any atom is 0.254 e. The van der Waals surface area contributed by atoms with Crippen LogP contribution in [-0.2, 0) is 4.79 Å². The minimum Gasteiger partial charge on any atom is -0.353 e. The lowest BCUT2D eigenvalue weighted by molar-refractivity contribution is -0.119. The molecule has 5 nitrogen and oxygen atoms in total. The lowest BCUT2D eigenvalue weighted by Crippen LogP contribution is -2.35. The van der Waals surface area contributed by atoms with E-state index in [0.717, 1.165) is 11.3 Å². The summed E-state index contributed by atoms with van der Waals surface area (Å²) in [5.74, 6) is 0.623. The number of halogens is 1. The molecule has 2 amide bonds. The normalized spacial score (nSPS) is 11.8. The number of nitrogens with zero attached hydrogens (tertiary/aromatic N) is 1. The van der Waals surface area contributed by atoms with Crippen LogP contribution in [0.15, 0.2) is 29.2 Å². The Labute approximate surface area is 167 Å². The fourth-order valence-electron chi connectivity index (χ4n) is 2.26. The maximum atomic E-state index is 12.7. The predicted octanol–water partition coefficient (Wildman–Crippen LogP) is 3.17. The van der Waals surface area contributed by atoms with E-state index in [-0.39, 0.29) is 36.3 Å². The van der Waals surface area contributed by atoms with Crippen LogP contribution in [0.4, 0.5) is 0 Å². The first-order valence-corrected chi connectivity index (χ1v) is 9.73. The summed E-state index contributed by atoms with van der Waals surface area (Å²) in [6, 6.07) is 7.62. The molecule has 0 spiro atoms. The summed E-state index contributed by atoms with van der Waals surface area (Å²) in [5, 5.41) is 2.86. The minimum absolute atomic E-state index is 0. The molecule has 1 rings (SSSR count). The molecular formula is C19H32ClN3O2S. The monoisotopic (exact) mass is 401 g/mol. The van der Waals surface area contributed by atoms with Crippen molar-refractivity contribution in [2.75, 3.05) is 19.3 Å². The highest BCUT2D eigenvalue weighted by atomic mass is 35.5. The van der Waals surface area contributed by atoms with E-state index in [2.05, 4.69) is 19.2 Å². The lowest BCUT2D eigenvalue weighted by atomic mass is 10.0. The Balaban J connectivity index is 0.00000625. The molecule has 1 unspecified atom stereocenters. The summed E-state index contributed by atoms with van der Waals surface area (Å²) < 4.78 is 0. The first-order valence-electron chi connectivity index (χ1n) is 8.74. The molecule has 1 aromatic carbocycles. The number of nitrogens with two attached hydrogens (primary N) is 1. The zero-order chi connectivity index (χ0) is 19.0. The van der Waals surface area contributed by atoms with Crippen molar-refractivity contribution in [2.24, 2.45) is 11.7 Å². The predicted molar refractivity (Wildman–Crippen MR) is 112 cm³/mol. The molecule has 0 aromatic heterocycles. The molecule has 0 heterocycles. The fraction of sp³-hybridized carbons (Fsp3) is 0.579. The smallest absolute Gasteiger partial charge is 0.254 e. The van der Waals surface area contributed by atoms with E-state index >= 15 is 0 Å².